The van der Waals surface area contributed by atoms with E-state index >= 15 is 0 Å². The van der Waals surface area contributed by atoms with Crippen molar-refractivity contribution in [3.05, 3.63) is 33.8 Å². The van der Waals surface area contributed by atoms with Crippen LogP contribution < -0.4 is 5.73 Å². The van der Waals surface area contributed by atoms with Crippen LogP contribution in [0, 0.1) is 0 Å². The minimum absolute atomic E-state index is 0.155. The fourth-order valence-corrected chi connectivity index (χ4v) is 2.47. The van der Waals surface area contributed by atoms with Gasteiger partial charge in [-0.2, -0.15) is 0 Å². The first-order chi connectivity index (χ1) is 7.79. The maximum atomic E-state index is 11.0. The lowest BCUT2D eigenvalue weighted by Gasteiger charge is -2.12. The van der Waals surface area contributed by atoms with Crippen molar-refractivity contribution in [2.75, 3.05) is 12.0 Å². The van der Waals surface area contributed by atoms with Crippen molar-refractivity contribution in [2.45, 2.75) is 18.9 Å². The molecule has 3 nitrogen and oxygen atoms in total. The van der Waals surface area contributed by atoms with E-state index in [2.05, 4.69) is 0 Å². The van der Waals surface area contributed by atoms with E-state index < -0.39 is 9.84 Å². The fourth-order valence-electron chi connectivity index (χ4n) is 1.48. The average molecular weight is 296 g/mol. The van der Waals surface area contributed by atoms with Crippen molar-refractivity contribution in [1.82, 2.24) is 0 Å². The molecule has 0 spiro atoms. The number of sulfone groups is 1. The van der Waals surface area contributed by atoms with Crippen LogP contribution in [0.4, 0.5) is 0 Å². The quantitative estimate of drug-likeness (QED) is 0.909. The molecule has 17 heavy (non-hydrogen) atoms. The van der Waals surface area contributed by atoms with E-state index in [1.807, 2.05) is 0 Å². The predicted molar refractivity (Wildman–Crippen MR) is 72.3 cm³/mol. The topological polar surface area (TPSA) is 60.2 Å². The normalized spacial score (nSPS) is 13.6. The Morgan fingerprint density at radius 1 is 1.29 bits per heavy atom. The van der Waals surface area contributed by atoms with Gasteiger partial charge in [-0.05, 0) is 30.5 Å². The van der Waals surface area contributed by atoms with Crippen LogP contribution in [0.15, 0.2) is 18.2 Å². The van der Waals surface area contributed by atoms with Crippen LogP contribution in [-0.4, -0.2) is 20.4 Å². The summed E-state index contributed by atoms with van der Waals surface area (Å²) in [6.07, 6.45) is 2.36. The van der Waals surface area contributed by atoms with Gasteiger partial charge in [0.05, 0.1) is 10.0 Å². The minimum Gasteiger partial charge on any atom is -0.324 e. The third-order valence-electron chi connectivity index (χ3n) is 2.40. The van der Waals surface area contributed by atoms with Crippen molar-refractivity contribution in [1.29, 1.82) is 0 Å². The van der Waals surface area contributed by atoms with Gasteiger partial charge in [-0.15, -0.1) is 0 Å². The second-order valence-electron chi connectivity index (χ2n) is 4.05. The summed E-state index contributed by atoms with van der Waals surface area (Å²) < 4.78 is 21.9. The standard InChI is InChI=1S/C11H15Cl2NO2S/c1-17(15,16)6-2-3-11(14)8-4-5-9(12)10(13)7-8/h4-5,7,11H,2-3,6,14H2,1H3. The molecule has 1 rings (SSSR count). The molecule has 0 amide bonds. The summed E-state index contributed by atoms with van der Waals surface area (Å²) in [5, 5.41) is 0.946. The van der Waals surface area contributed by atoms with Gasteiger partial charge in [0.25, 0.3) is 0 Å². The molecule has 0 aliphatic carbocycles. The van der Waals surface area contributed by atoms with Crippen molar-refractivity contribution < 1.29 is 8.42 Å². The Hall–Kier alpha value is -0.290. The van der Waals surface area contributed by atoms with Crippen LogP contribution in [0.1, 0.15) is 24.4 Å². The smallest absolute Gasteiger partial charge is 0.147 e. The van der Waals surface area contributed by atoms with Gasteiger partial charge in [-0.3, -0.25) is 0 Å². The molecular formula is C11H15Cl2NO2S. The van der Waals surface area contributed by atoms with E-state index in [9.17, 15) is 8.42 Å². The Morgan fingerprint density at radius 3 is 2.47 bits per heavy atom. The lowest BCUT2D eigenvalue weighted by molar-refractivity contribution is 0.588. The molecule has 1 aromatic carbocycles. The minimum atomic E-state index is -2.92. The van der Waals surface area contributed by atoms with Gasteiger partial charge in [0.1, 0.15) is 9.84 Å². The summed E-state index contributed by atoms with van der Waals surface area (Å²) >= 11 is 11.7. The fraction of sp³-hybridized carbons (Fsp3) is 0.455. The Kier molecular flexibility index (Phi) is 5.25. The summed E-state index contributed by atoms with van der Waals surface area (Å²) in [5.74, 6) is 0.155. The highest BCUT2D eigenvalue weighted by atomic mass is 35.5. The molecule has 0 heterocycles. The van der Waals surface area contributed by atoms with E-state index in [4.69, 9.17) is 28.9 Å². The molecule has 0 aromatic heterocycles. The van der Waals surface area contributed by atoms with Crippen LogP contribution in [0.3, 0.4) is 0 Å². The number of nitrogens with two attached hydrogens (primary N) is 1. The lowest BCUT2D eigenvalue weighted by atomic mass is 10.0. The van der Waals surface area contributed by atoms with Gasteiger partial charge in [-0.25, -0.2) is 8.42 Å². The predicted octanol–water partition coefficient (Wildman–Crippen LogP) is 2.82. The summed E-state index contributed by atoms with van der Waals surface area (Å²) in [7, 11) is -2.92. The Labute approximate surface area is 112 Å². The zero-order valence-corrected chi connectivity index (χ0v) is 11.8. The molecule has 0 radical (unpaired) electrons. The molecule has 96 valence electrons. The van der Waals surface area contributed by atoms with E-state index in [1.165, 1.54) is 6.26 Å². The molecule has 2 N–H and O–H groups in total. The van der Waals surface area contributed by atoms with Gasteiger partial charge < -0.3 is 5.73 Å². The molecule has 0 saturated carbocycles. The van der Waals surface area contributed by atoms with Gasteiger partial charge in [0.2, 0.25) is 0 Å². The molecule has 1 unspecified atom stereocenters. The van der Waals surface area contributed by atoms with Crippen molar-refractivity contribution in [2.24, 2.45) is 5.73 Å². The highest BCUT2D eigenvalue weighted by Gasteiger charge is 2.10. The van der Waals surface area contributed by atoms with Gasteiger partial charge in [0, 0.05) is 18.1 Å². The van der Waals surface area contributed by atoms with E-state index in [1.54, 1.807) is 18.2 Å². The van der Waals surface area contributed by atoms with Crippen LogP contribution in [0.5, 0.6) is 0 Å². The number of hydrogen-bond donors (Lipinski definition) is 1. The maximum Gasteiger partial charge on any atom is 0.147 e. The number of rotatable bonds is 5. The molecule has 1 atom stereocenters. The van der Waals surface area contributed by atoms with Crippen LogP contribution in [0.25, 0.3) is 0 Å². The average Bonchev–Trinajstić information content (AvgIpc) is 2.20. The number of halogens is 2. The van der Waals surface area contributed by atoms with Crippen molar-refractivity contribution in [3.8, 4) is 0 Å². The van der Waals surface area contributed by atoms with E-state index in [0.717, 1.165) is 5.56 Å². The van der Waals surface area contributed by atoms with Gasteiger partial charge in [-0.1, -0.05) is 29.3 Å². The molecule has 6 heteroatoms. The molecule has 0 saturated heterocycles. The second kappa shape index (κ2) is 6.05. The molecule has 1 aromatic rings. The Morgan fingerprint density at radius 2 is 1.94 bits per heavy atom. The van der Waals surface area contributed by atoms with Crippen LogP contribution in [0.2, 0.25) is 10.0 Å². The summed E-state index contributed by atoms with van der Waals surface area (Å²) in [5.41, 5.74) is 6.82. The van der Waals surface area contributed by atoms with Crippen molar-refractivity contribution >= 4 is 33.0 Å². The highest BCUT2D eigenvalue weighted by Crippen LogP contribution is 2.26. The number of benzene rings is 1. The second-order valence-corrected chi connectivity index (χ2v) is 7.13. The molecule has 0 aliphatic heterocycles. The maximum absolute atomic E-state index is 11.0. The third kappa shape index (κ3) is 5.25. The zero-order chi connectivity index (χ0) is 13.1. The zero-order valence-electron chi connectivity index (χ0n) is 9.49. The molecule has 0 fully saturated rings. The van der Waals surface area contributed by atoms with Gasteiger partial charge >= 0.3 is 0 Å². The van der Waals surface area contributed by atoms with Crippen LogP contribution >= 0.6 is 23.2 Å². The third-order valence-corrected chi connectivity index (χ3v) is 4.17. The Bertz CT molecular complexity index is 488. The molecule has 0 bridgehead atoms. The first kappa shape index (κ1) is 14.8. The van der Waals surface area contributed by atoms with Gasteiger partial charge in [0.15, 0.2) is 0 Å². The first-order valence-electron chi connectivity index (χ1n) is 5.18. The highest BCUT2D eigenvalue weighted by molar-refractivity contribution is 7.90. The first-order valence-corrected chi connectivity index (χ1v) is 7.99. The SMILES string of the molecule is CS(=O)(=O)CCCC(N)c1ccc(Cl)c(Cl)c1. The molecular weight excluding hydrogens is 281 g/mol. The summed E-state index contributed by atoms with van der Waals surface area (Å²) in [6, 6.07) is 5.00. The monoisotopic (exact) mass is 295 g/mol. The largest absolute Gasteiger partial charge is 0.324 e. The van der Waals surface area contributed by atoms with Crippen LogP contribution in [-0.2, 0) is 9.84 Å². The van der Waals surface area contributed by atoms with Crippen molar-refractivity contribution in [3.63, 3.8) is 0 Å². The lowest BCUT2D eigenvalue weighted by Crippen LogP contribution is -2.12. The van der Waals surface area contributed by atoms with E-state index in [-0.39, 0.29) is 11.8 Å². The Balaban J connectivity index is 2.58. The molecule has 0 aliphatic rings. The summed E-state index contributed by atoms with van der Waals surface area (Å²) in [4.78, 5) is 0. The van der Waals surface area contributed by atoms with E-state index in [0.29, 0.717) is 22.9 Å². The number of hydrogen-bond acceptors (Lipinski definition) is 3. The summed E-state index contributed by atoms with van der Waals surface area (Å²) in [6.45, 7) is 0.